The Labute approximate surface area is 122 Å². The van der Waals surface area contributed by atoms with Crippen LogP contribution in [0, 0.1) is 0 Å². The Morgan fingerprint density at radius 3 is 2.81 bits per heavy atom. The number of methoxy groups -OCH3 is 1. The van der Waals surface area contributed by atoms with Crippen molar-refractivity contribution in [3.63, 3.8) is 0 Å². The minimum Gasteiger partial charge on any atom is -0.496 e. The van der Waals surface area contributed by atoms with Crippen LogP contribution < -0.4 is 15.8 Å². The summed E-state index contributed by atoms with van der Waals surface area (Å²) in [6.45, 7) is 0. The number of amides is 3. The lowest BCUT2D eigenvalue weighted by molar-refractivity contribution is -0.147. The first-order valence-corrected chi connectivity index (χ1v) is 6.49. The van der Waals surface area contributed by atoms with Gasteiger partial charge in [0.25, 0.3) is 11.8 Å². The molecule has 1 aromatic carbocycles. The average molecular weight is 291 g/mol. The SMILES string of the molecule is COc1cccc(N)c1C(=O)NC1CCC(=O)N(C)C1=O. The summed E-state index contributed by atoms with van der Waals surface area (Å²) in [5.41, 5.74) is 6.25. The summed E-state index contributed by atoms with van der Waals surface area (Å²) in [6, 6.07) is 4.13. The van der Waals surface area contributed by atoms with Crippen molar-refractivity contribution in [3.05, 3.63) is 23.8 Å². The summed E-state index contributed by atoms with van der Waals surface area (Å²) in [7, 11) is 2.84. The summed E-state index contributed by atoms with van der Waals surface area (Å²) in [5, 5.41) is 2.61. The van der Waals surface area contributed by atoms with E-state index in [0.29, 0.717) is 5.75 Å². The maximum Gasteiger partial charge on any atom is 0.257 e. The molecule has 0 spiro atoms. The molecular weight excluding hydrogens is 274 g/mol. The van der Waals surface area contributed by atoms with Crippen LogP contribution in [0.4, 0.5) is 5.69 Å². The summed E-state index contributed by atoms with van der Waals surface area (Å²) >= 11 is 0. The topological polar surface area (TPSA) is 102 Å². The van der Waals surface area contributed by atoms with Crippen LogP contribution in [0.2, 0.25) is 0 Å². The van der Waals surface area contributed by atoms with E-state index in [-0.39, 0.29) is 30.0 Å². The van der Waals surface area contributed by atoms with E-state index in [1.54, 1.807) is 18.2 Å². The van der Waals surface area contributed by atoms with Crippen LogP contribution in [0.1, 0.15) is 23.2 Å². The highest BCUT2D eigenvalue weighted by molar-refractivity contribution is 6.06. The molecule has 0 aromatic heterocycles. The smallest absolute Gasteiger partial charge is 0.257 e. The van der Waals surface area contributed by atoms with E-state index in [4.69, 9.17) is 10.5 Å². The zero-order chi connectivity index (χ0) is 15.6. The molecule has 7 nitrogen and oxygen atoms in total. The number of ether oxygens (including phenoxy) is 1. The number of benzene rings is 1. The van der Waals surface area contributed by atoms with Gasteiger partial charge in [0, 0.05) is 19.2 Å². The van der Waals surface area contributed by atoms with Crippen molar-refractivity contribution in [2.45, 2.75) is 18.9 Å². The maximum absolute atomic E-state index is 12.3. The molecule has 0 bridgehead atoms. The first-order valence-electron chi connectivity index (χ1n) is 6.49. The molecule has 112 valence electrons. The van der Waals surface area contributed by atoms with Crippen molar-refractivity contribution < 1.29 is 19.1 Å². The average Bonchev–Trinajstić information content (AvgIpc) is 2.47. The van der Waals surface area contributed by atoms with Crippen LogP contribution in [0.25, 0.3) is 0 Å². The van der Waals surface area contributed by atoms with Gasteiger partial charge in [-0.2, -0.15) is 0 Å². The highest BCUT2D eigenvalue weighted by atomic mass is 16.5. The second kappa shape index (κ2) is 5.82. The lowest BCUT2D eigenvalue weighted by Gasteiger charge is -2.28. The van der Waals surface area contributed by atoms with E-state index < -0.39 is 17.9 Å². The van der Waals surface area contributed by atoms with Gasteiger partial charge >= 0.3 is 0 Å². The molecule has 7 heteroatoms. The molecule has 21 heavy (non-hydrogen) atoms. The third-order valence-electron chi connectivity index (χ3n) is 3.46. The molecule has 1 aromatic rings. The summed E-state index contributed by atoms with van der Waals surface area (Å²) < 4.78 is 5.11. The zero-order valence-corrected chi connectivity index (χ0v) is 11.9. The number of nitrogens with one attached hydrogen (secondary N) is 1. The number of hydrogen-bond acceptors (Lipinski definition) is 5. The van der Waals surface area contributed by atoms with E-state index in [9.17, 15) is 14.4 Å². The molecule has 0 saturated carbocycles. The first-order chi connectivity index (χ1) is 9.95. The number of nitrogens with two attached hydrogens (primary N) is 1. The maximum atomic E-state index is 12.3. The van der Waals surface area contributed by atoms with Crippen molar-refractivity contribution >= 4 is 23.4 Å². The Kier molecular flexibility index (Phi) is 4.11. The molecule has 1 atom stereocenters. The van der Waals surface area contributed by atoms with Crippen molar-refractivity contribution in [2.24, 2.45) is 0 Å². The third-order valence-corrected chi connectivity index (χ3v) is 3.46. The molecule has 0 radical (unpaired) electrons. The van der Waals surface area contributed by atoms with Gasteiger partial charge in [0.1, 0.15) is 17.4 Å². The Bertz CT molecular complexity index is 600. The van der Waals surface area contributed by atoms with Gasteiger partial charge in [0.2, 0.25) is 5.91 Å². The summed E-state index contributed by atoms with van der Waals surface area (Å²) in [6.07, 6.45) is 0.497. The number of likely N-dealkylation sites (tertiary alicyclic amines) is 1. The fourth-order valence-corrected chi connectivity index (χ4v) is 2.24. The Morgan fingerprint density at radius 2 is 2.14 bits per heavy atom. The monoisotopic (exact) mass is 291 g/mol. The number of hydrogen-bond donors (Lipinski definition) is 2. The van der Waals surface area contributed by atoms with Crippen LogP contribution >= 0.6 is 0 Å². The predicted molar refractivity (Wildman–Crippen MR) is 75.7 cm³/mol. The van der Waals surface area contributed by atoms with Crippen LogP contribution in [-0.2, 0) is 9.59 Å². The normalized spacial score (nSPS) is 18.6. The van der Waals surface area contributed by atoms with Gasteiger partial charge in [-0.05, 0) is 18.6 Å². The zero-order valence-electron chi connectivity index (χ0n) is 11.9. The Balaban J connectivity index is 2.19. The first kappa shape index (κ1) is 14.8. The van der Waals surface area contributed by atoms with Gasteiger partial charge < -0.3 is 15.8 Å². The number of piperidine rings is 1. The molecule has 1 aliphatic heterocycles. The number of nitrogens with zero attached hydrogens (tertiary/aromatic N) is 1. The highest BCUT2D eigenvalue weighted by Gasteiger charge is 2.33. The van der Waals surface area contributed by atoms with Gasteiger partial charge in [-0.15, -0.1) is 0 Å². The van der Waals surface area contributed by atoms with Gasteiger partial charge in [-0.3, -0.25) is 19.3 Å². The second-order valence-corrected chi connectivity index (χ2v) is 4.78. The number of imide groups is 1. The highest BCUT2D eigenvalue weighted by Crippen LogP contribution is 2.24. The van der Waals surface area contributed by atoms with Crippen LogP contribution in [0.3, 0.4) is 0 Å². The quantitative estimate of drug-likeness (QED) is 0.610. The minimum atomic E-state index is -0.732. The van der Waals surface area contributed by atoms with Gasteiger partial charge in [-0.25, -0.2) is 0 Å². The molecule has 3 N–H and O–H groups in total. The van der Waals surface area contributed by atoms with Crippen LogP contribution in [0.5, 0.6) is 5.75 Å². The van der Waals surface area contributed by atoms with E-state index >= 15 is 0 Å². The lowest BCUT2D eigenvalue weighted by Crippen LogP contribution is -2.53. The summed E-state index contributed by atoms with van der Waals surface area (Å²) in [5.74, 6) is -0.832. The van der Waals surface area contributed by atoms with Crippen LogP contribution in [-0.4, -0.2) is 42.8 Å². The van der Waals surface area contributed by atoms with Gasteiger partial charge in [-0.1, -0.05) is 6.07 Å². The number of likely N-dealkylation sites (N-methyl/N-ethyl adjacent to an activating group) is 1. The summed E-state index contributed by atoms with van der Waals surface area (Å²) in [4.78, 5) is 36.7. The van der Waals surface area contributed by atoms with Crippen molar-refractivity contribution in [2.75, 3.05) is 19.9 Å². The number of rotatable bonds is 3. The van der Waals surface area contributed by atoms with E-state index in [1.165, 1.54) is 14.2 Å². The van der Waals surface area contributed by atoms with Crippen molar-refractivity contribution in [3.8, 4) is 5.75 Å². The van der Waals surface area contributed by atoms with Gasteiger partial charge in [0.15, 0.2) is 0 Å². The fourth-order valence-electron chi connectivity index (χ4n) is 2.24. The number of carbonyl (C=O) groups excluding carboxylic acids is 3. The molecule has 2 rings (SSSR count). The van der Waals surface area contributed by atoms with Gasteiger partial charge in [0.05, 0.1) is 7.11 Å². The molecule has 1 fully saturated rings. The lowest BCUT2D eigenvalue weighted by atomic mass is 10.0. The van der Waals surface area contributed by atoms with E-state index in [2.05, 4.69) is 5.32 Å². The molecule has 1 unspecified atom stereocenters. The predicted octanol–water partition coefficient (Wildman–Crippen LogP) is 0.155. The molecule has 1 aliphatic rings. The Hall–Kier alpha value is -2.57. The minimum absolute atomic E-state index is 0.187. The van der Waals surface area contributed by atoms with Crippen molar-refractivity contribution in [1.82, 2.24) is 10.2 Å². The molecule has 1 heterocycles. The second-order valence-electron chi connectivity index (χ2n) is 4.78. The molecule has 3 amide bonds. The van der Waals surface area contributed by atoms with Crippen molar-refractivity contribution in [1.29, 1.82) is 0 Å². The largest absolute Gasteiger partial charge is 0.496 e. The standard InChI is InChI=1S/C14H17N3O4/c1-17-11(18)7-6-9(14(17)20)16-13(19)12-8(15)4-3-5-10(12)21-2/h3-5,9H,6-7,15H2,1-2H3,(H,16,19). The van der Waals surface area contributed by atoms with Crippen LogP contribution in [0.15, 0.2) is 18.2 Å². The number of nitrogen functional groups attached to an aromatic ring is 1. The fraction of sp³-hybridized carbons (Fsp3) is 0.357. The third kappa shape index (κ3) is 2.81. The molecule has 0 aliphatic carbocycles. The number of anilines is 1. The van der Waals surface area contributed by atoms with E-state index in [1.807, 2.05) is 0 Å². The number of carbonyl (C=O) groups is 3. The molecular formula is C14H17N3O4. The molecule has 1 saturated heterocycles. The van der Waals surface area contributed by atoms with E-state index in [0.717, 1.165) is 4.90 Å². The Morgan fingerprint density at radius 1 is 1.43 bits per heavy atom.